The van der Waals surface area contributed by atoms with Crippen LogP contribution in [0.15, 0.2) is 36.4 Å². The maximum atomic E-state index is 12.9. The maximum absolute atomic E-state index is 12.9. The van der Waals surface area contributed by atoms with Crippen molar-refractivity contribution in [2.24, 2.45) is 5.92 Å². The van der Waals surface area contributed by atoms with Gasteiger partial charge in [0.1, 0.15) is 17.6 Å². The number of carbonyl (C=O) groups is 1. The van der Waals surface area contributed by atoms with Gasteiger partial charge < -0.3 is 10.2 Å². The molecule has 0 atom stereocenters. The molecule has 1 amide bonds. The summed E-state index contributed by atoms with van der Waals surface area (Å²) in [5.41, 5.74) is -0.329. The third kappa shape index (κ3) is 4.54. The fraction of sp³-hybridized carbons (Fsp3) is 0.316. The molecule has 0 aliphatic carbocycles. The number of hydrogen-bond acceptors (Lipinski definition) is 4. The van der Waals surface area contributed by atoms with Crippen molar-refractivity contribution in [3.8, 4) is 6.07 Å². The Balaban J connectivity index is 1.67. The highest BCUT2D eigenvalue weighted by Gasteiger charge is 2.34. The number of alkyl halides is 3. The van der Waals surface area contributed by atoms with Gasteiger partial charge in [0.15, 0.2) is 0 Å². The van der Waals surface area contributed by atoms with Crippen molar-refractivity contribution in [1.29, 1.82) is 5.26 Å². The maximum Gasteiger partial charge on any atom is 0.433 e. The number of benzene rings is 1. The summed E-state index contributed by atoms with van der Waals surface area (Å²) in [6.45, 7) is 0.670. The second-order valence-electron chi connectivity index (χ2n) is 6.43. The third-order valence-corrected chi connectivity index (χ3v) is 4.82. The summed E-state index contributed by atoms with van der Waals surface area (Å²) < 4.78 is 38.8. The second kappa shape index (κ2) is 8.07. The van der Waals surface area contributed by atoms with Crippen LogP contribution in [0.2, 0.25) is 5.02 Å². The molecule has 3 rings (SSSR count). The molecule has 5 nitrogen and oxygen atoms in total. The fourth-order valence-corrected chi connectivity index (χ4v) is 3.19. The Kier molecular flexibility index (Phi) is 5.75. The zero-order valence-corrected chi connectivity index (χ0v) is 15.4. The predicted molar refractivity (Wildman–Crippen MR) is 99.0 cm³/mol. The number of carbonyl (C=O) groups excluding carboxylic acids is 1. The molecule has 0 spiro atoms. The lowest BCUT2D eigenvalue weighted by Crippen LogP contribution is -2.39. The van der Waals surface area contributed by atoms with Crippen molar-refractivity contribution in [2.45, 2.75) is 19.0 Å². The zero-order chi connectivity index (χ0) is 20.3. The second-order valence-corrected chi connectivity index (χ2v) is 6.87. The first kappa shape index (κ1) is 20.0. The van der Waals surface area contributed by atoms with E-state index in [4.69, 9.17) is 11.6 Å². The number of pyridine rings is 1. The van der Waals surface area contributed by atoms with Gasteiger partial charge in [0.25, 0.3) is 0 Å². The summed E-state index contributed by atoms with van der Waals surface area (Å²) in [6.07, 6.45) is -3.69. The molecule has 0 radical (unpaired) electrons. The molecule has 1 aromatic carbocycles. The van der Waals surface area contributed by atoms with Crippen LogP contribution in [0, 0.1) is 17.2 Å². The van der Waals surface area contributed by atoms with E-state index in [0.717, 1.165) is 12.1 Å². The van der Waals surface area contributed by atoms with Crippen LogP contribution in [0.4, 0.5) is 24.7 Å². The molecule has 1 fully saturated rings. The molecule has 1 aliphatic rings. The monoisotopic (exact) mass is 408 g/mol. The first-order valence-electron chi connectivity index (χ1n) is 8.57. The highest BCUT2D eigenvalue weighted by Crippen LogP contribution is 2.32. The molecular weight excluding hydrogens is 393 g/mol. The number of halogens is 4. The number of piperidine rings is 1. The van der Waals surface area contributed by atoms with E-state index >= 15 is 0 Å². The molecule has 2 heterocycles. The molecule has 0 saturated carbocycles. The number of nitrogens with zero attached hydrogens (tertiary/aromatic N) is 3. The number of nitrogens with one attached hydrogen (secondary N) is 1. The predicted octanol–water partition coefficient (Wildman–Crippen LogP) is 4.48. The number of rotatable bonds is 3. The van der Waals surface area contributed by atoms with Crippen LogP contribution in [0.5, 0.6) is 0 Å². The van der Waals surface area contributed by atoms with Crippen molar-refractivity contribution in [1.82, 2.24) is 4.98 Å². The number of aromatic nitrogens is 1. The van der Waals surface area contributed by atoms with Crippen molar-refractivity contribution in [2.75, 3.05) is 23.3 Å². The molecule has 1 N–H and O–H groups in total. The first-order chi connectivity index (χ1) is 13.3. The van der Waals surface area contributed by atoms with Gasteiger partial charge in [-0.15, -0.1) is 0 Å². The molecule has 0 bridgehead atoms. The molecule has 9 heteroatoms. The smallest absolute Gasteiger partial charge is 0.355 e. The highest BCUT2D eigenvalue weighted by molar-refractivity contribution is 6.30. The van der Waals surface area contributed by atoms with E-state index in [-0.39, 0.29) is 23.2 Å². The van der Waals surface area contributed by atoms with E-state index in [9.17, 15) is 23.2 Å². The average molecular weight is 409 g/mol. The van der Waals surface area contributed by atoms with Crippen LogP contribution >= 0.6 is 11.6 Å². The van der Waals surface area contributed by atoms with E-state index in [1.165, 1.54) is 0 Å². The first-order valence-corrected chi connectivity index (χ1v) is 8.95. The van der Waals surface area contributed by atoms with E-state index in [1.54, 1.807) is 29.2 Å². The lowest BCUT2D eigenvalue weighted by molar-refractivity contribution is -0.141. The van der Waals surface area contributed by atoms with Crippen molar-refractivity contribution < 1.29 is 18.0 Å². The van der Waals surface area contributed by atoms with Gasteiger partial charge in [-0.1, -0.05) is 11.6 Å². The quantitative estimate of drug-likeness (QED) is 0.813. The van der Waals surface area contributed by atoms with Gasteiger partial charge in [0.05, 0.1) is 5.56 Å². The van der Waals surface area contributed by atoms with Crippen molar-refractivity contribution >= 4 is 29.0 Å². The van der Waals surface area contributed by atoms with Gasteiger partial charge in [-0.25, -0.2) is 4.98 Å². The molecular formula is C19H16ClF3N4O. The van der Waals surface area contributed by atoms with E-state index in [2.05, 4.69) is 10.3 Å². The standard InChI is InChI=1S/C19H16ClF3N4O/c20-14-2-4-15(5-3-14)25-18(28)12-7-9-27(10-8-12)17-13(11-24)1-6-16(26-17)19(21,22)23/h1-6,12H,7-10H2,(H,25,28). The van der Waals surface area contributed by atoms with Crippen LogP contribution in [0.25, 0.3) is 0 Å². The summed E-state index contributed by atoms with van der Waals surface area (Å²) in [5, 5.41) is 12.6. The van der Waals surface area contributed by atoms with Gasteiger partial charge in [-0.2, -0.15) is 18.4 Å². The fourth-order valence-electron chi connectivity index (χ4n) is 3.07. The van der Waals surface area contributed by atoms with Gasteiger partial charge >= 0.3 is 6.18 Å². The topological polar surface area (TPSA) is 69.0 Å². The molecule has 1 aliphatic heterocycles. The molecule has 0 unspecified atom stereocenters. The minimum absolute atomic E-state index is 0.00823. The van der Waals surface area contributed by atoms with Gasteiger partial charge in [-0.3, -0.25) is 4.79 Å². The molecule has 146 valence electrons. The largest absolute Gasteiger partial charge is 0.433 e. The Bertz CT molecular complexity index is 901. The van der Waals surface area contributed by atoms with Gasteiger partial charge in [0.2, 0.25) is 5.91 Å². The lowest BCUT2D eigenvalue weighted by Gasteiger charge is -2.32. The normalized spacial score (nSPS) is 15.2. The number of hydrogen-bond donors (Lipinski definition) is 1. The SMILES string of the molecule is N#Cc1ccc(C(F)(F)F)nc1N1CCC(C(=O)Nc2ccc(Cl)cc2)CC1. The third-order valence-electron chi connectivity index (χ3n) is 4.56. The molecule has 1 saturated heterocycles. The van der Waals surface area contributed by atoms with Crippen LogP contribution < -0.4 is 10.2 Å². The van der Waals surface area contributed by atoms with Crippen LogP contribution in [-0.2, 0) is 11.0 Å². The van der Waals surface area contributed by atoms with Gasteiger partial charge in [0, 0.05) is 29.7 Å². The Morgan fingerprint density at radius 1 is 1.18 bits per heavy atom. The Morgan fingerprint density at radius 2 is 1.82 bits per heavy atom. The average Bonchev–Trinajstić information content (AvgIpc) is 2.68. The number of anilines is 2. The van der Waals surface area contributed by atoms with Crippen molar-refractivity contribution in [3.63, 3.8) is 0 Å². The van der Waals surface area contributed by atoms with Crippen LogP contribution in [0.3, 0.4) is 0 Å². The van der Waals surface area contributed by atoms with E-state index in [0.29, 0.717) is 36.6 Å². The van der Waals surface area contributed by atoms with Crippen LogP contribution in [0.1, 0.15) is 24.1 Å². The van der Waals surface area contributed by atoms with E-state index < -0.39 is 11.9 Å². The zero-order valence-electron chi connectivity index (χ0n) is 14.6. The highest BCUT2D eigenvalue weighted by atomic mass is 35.5. The number of amides is 1. The summed E-state index contributed by atoms with van der Waals surface area (Å²) in [5.74, 6) is -0.420. The molecule has 2 aromatic rings. The summed E-state index contributed by atoms with van der Waals surface area (Å²) >= 11 is 5.82. The Morgan fingerprint density at radius 3 is 2.39 bits per heavy atom. The van der Waals surface area contributed by atoms with Crippen molar-refractivity contribution in [3.05, 3.63) is 52.7 Å². The molecule has 1 aromatic heterocycles. The van der Waals surface area contributed by atoms with Crippen LogP contribution in [-0.4, -0.2) is 24.0 Å². The Hall–Kier alpha value is -2.79. The molecule has 28 heavy (non-hydrogen) atoms. The Labute approximate surface area is 164 Å². The lowest BCUT2D eigenvalue weighted by atomic mass is 9.95. The summed E-state index contributed by atoms with van der Waals surface area (Å²) in [6, 6.07) is 10.5. The van der Waals surface area contributed by atoms with Gasteiger partial charge in [-0.05, 0) is 49.2 Å². The summed E-state index contributed by atoms with van der Waals surface area (Å²) in [4.78, 5) is 17.7. The van der Waals surface area contributed by atoms with E-state index in [1.807, 2.05) is 6.07 Å². The minimum atomic E-state index is -4.58. The summed E-state index contributed by atoms with van der Waals surface area (Å²) in [7, 11) is 0. The minimum Gasteiger partial charge on any atom is -0.355 e. The number of nitriles is 1.